The molecule has 7 nitrogen and oxygen atoms in total. The first-order chi connectivity index (χ1) is 14.5. The number of morpholine rings is 1. The van der Waals surface area contributed by atoms with E-state index in [-0.39, 0.29) is 10.8 Å². The van der Waals surface area contributed by atoms with Crippen LogP contribution in [-0.4, -0.2) is 58.0 Å². The van der Waals surface area contributed by atoms with Crippen molar-refractivity contribution in [2.75, 3.05) is 44.3 Å². The Kier molecular flexibility index (Phi) is 6.36. The number of anilines is 1. The first-order valence-corrected chi connectivity index (χ1v) is 11.8. The number of nitrogens with one attached hydrogen (secondary N) is 1. The molecule has 0 aromatic heterocycles. The maximum absolute atomic E-state index is 12.6. The van der Waals surface area contributed by atoms with Crippen LogP contribution in [0.5, 0.6) is 0 Å². The molecule has 8 heteroatoms. The number of carbonyl (C=O) groups is 1. The van der Waals surface area contributed by atoms with Gasteiger partial charge in [0, 0.05) is 44.0 Å². The highest BCUT2D eigenvalue weighted by atomic mass is 32.2. The highest BCUT2D eigenvalue weighted by Crippen LogP contribution is 2.21. The fraction of sp³-hybridized carbons (Fsp3) is 0.409. The van der Waals surface area contributed by atoms with Gasteiger partial charge >= 0.3 is 0 Å². The van der Waals surface area contributed by atoms with Crippen molar-refractivity contribution < 1.29 is 17.9 Å². The van der Waals surface area contributed by atoms with Gasteiger partial charge in [-0.3, -0.25) is 4.79 Å². The SMILES string of the molecule is O=C(NCc1ccc(N2CCOCC2)cc1)c1ccc(S(=O)(=O)N2CCCC2)cc1. The molecule has 0 saturated carbocycles. The number of amides is 1. The first-order valence-electron chi connectivity index (χ1n) is 10.3. The van der Waals surface area contributed by atoms with Gasteiger partial charge in [-0.15, -0.1) is 0 Å². The molecular weight excluding hydrogens is 402 g/mol. The van der Waals surface area contributed by atoms with Crippen LogP contribution in [-0.2, 0) is 21.3 Å². The maximum Gasteiger partial charge on any atom is 0.251 e. The monoisotopic (exact) mass is 429 g/mol. The molecule has 2 aliphatic rings. The van der Waals surface area contributed by atoms with Gasteiger partial charge in [-0.05, 0) is 54.8 Å². The van der Waals surface area contributed by atoms with Crippen LogP contribution in [0.4, 0.5) is 5.69 Å². The Morgan fingerprint density at radius 3 is 2.17 bits per heavy atom. The van der Waals surface area contributed by atoms with Crippen molar-refractivity contribution in [1.29, 1.82) is 0 Å². The number of rotatable bonds is 6. The van der Waals surface area contributed by atoms with E-state index in [1.165, 1.54) is 16.4 Å². The summed E-state index contributed by atoms with van der Waals surface area (Å²) in [6.45, 7) is 4.81. The van der Waals surface area contributed by atoms with Crippen molar-refractivity contribution in [2.45, 2.75) is 24.3 Å². The molecule has 2 fully saturated rings. The van der Waals surface area contributed by atoms with Crippen LogP contribution in [0.15, 0.2) is 53.4 Å². The van der Waals surface area contributed by atoms with Crippen LogP contribution in [0.2, 0.25) is 0 Å². The average Bonchev–Trinajstić information content (AvgIpc) is 3.34. The molecule has 1 amide bonds. The Balaban J connectivity index is 1.33. The lowest BCUT2D eigenvalue weighted by atomic mass is 10.1. The lowest BCUT2D eigenvalue weighted by Crippen LogP contribution is -2.36. The van der Waals surface area contributed by atoms with Crippen LogP contribution >= 0.6 is 0 Å². The molecule has 0 bridgehead atoms. The summed E-state index contributed by atoms with van der Waals surface area (Å²) in [5, 5.41) is 2.90. The zero-order valence-corrected chi connectivity index (χ0v) is 17.7. The van der Waals surface area contributed by atoms with Gasteiger partial charge in [-0.25, -0.2) is 8.42 Å². The van der Waals surface area contributed by atoms with Gasteiger partial charge in [0.15, 0.2) is 0 Å². The second kappa shape index (κ2) is 9.16. The number of hydrogen-bond acceptors (Lipinski definition) is 5. The van der Waals surface area contributed by atoms with Crippen molar-refractivity contribution >= 4 is 21.6 Å². The van der Waals surface area contributed by atoms with Crippen LogP contribution < -0.4 is 10.2 Å². The third-order valence-electron chi connectivity index (χ3n) is 5.58. The van der Waals surface area contributed by atoms with E-state index >= 15 is 0 Å². The van der Waals surface area contributed by atoms with Crippen LogP contribution in [0, 0.1) is 0 Å². The quantitative estimate of drug-likeness (QED) is 0.762. The van der Waals surface area contributed by atoms with Crippen LogP contribution in [0.3, 0.4) is 0 Å². The molecule has 2 aliphatic heterocycles. The number of hydrogen-bond donors (Lipinski definition) is 1. The molecule has 2 aromatic rings. The van der Waals surface area contributed by atoms with E-state index in [1.54, 1.807) is 12.1 Å². The Hall–Kier alpha value is -2.42. The smallest absolute Gasteiger partial charge is 0.251 e. The van der Waals surface area contributed by atoms with Gasteiger partial charge in [0.05, 0.1) is 18.1 Å². The van der Waals surface area contributed by atoms with Gasteiger partial charge < -0.3 is 15.0 Å². The molecule has 160 valence electrons. The fourth-order valence-corrected chi connectivity index (χ4v) is 5.30. The van der Waals surface area contributed by atoms with Gasteiger partial charge in [-0.1, -0.05) is 12.1 Å². The third kappa shape index (κ3) is 4.66. The lowest BCUT2D eigenvalue weighted by Gasteiger charge is -2.28. The summed E-state index contributed by atoms with van der Waals surface area (Å²) in [5.41, 5.74) is 2.61. The minimum Gasteiger partial charge on any atom is -0.378 e. The summed E-state index contributed by atoms with van der Waals surface area (Å²) in [5.74, 6) is -0.225. The first kappa shape index (κ1) is 20.8. The van der Waals surface area contributed by atoms with E-state index < -0.39 is 10.0 Å². The summed E-state index contributed by atoms with van der Waals surface area (Å²) >= 11 is 0. The fourth-order valence-electron chi connectivity index (χ4n) is 3.79. The zero-order valence-electron chi connectivity index (χ0n) is 16.9. The van der Waals surface area contributed by atoms with Gasteiger partial charge in [0.2, 0.25) is 10.0 Å². The molecule has 4 rings (SSSR count). The largest absolute Gasteiger partial charge is 0.378 e. The normalized spacial score (nSPS) is 17.8. The van der Waals surface area contributed by atoms with Crippen molar-refractivity contribution in [2.24, 2.45) is 0 Å². The highest BCUT2D eigenvalue weighted by molar-refractivity contribution is 7.89. The van der Waals surface area contributed by atoms with Crippen molar-refractivity contribution in [1.82, 2.24) is 9.62 Å². The van der Waals surface area contributed by atoms with E-state index in [1.807, 2.05) is 12.1 Å². The summed E-state index contributed by atoms with van der Waals surface area (Å²) in [6, 6.07) is 14.3. The second-order valence-corrected chi connectivity index (χ2v) is 9.52. The molecule has 1 N–H and O–H groups in total. The second-order valence-electron chi connectivity index (χ2n) is 7.58. The summed E-state index contributed by atoms with van der Waals surface area (Å²) < 4.78 is 32.0. The Morgan fingerprint density at radius 2 is 1.53 bits per heavy atom. The Morgan fingerprint density at radius 1 is 0.900 bits per heavy atom. The third-order valence-corrected chi connectivity index (χ3v) is 7.50. The zero-order chi connectivity index (χ0) is 21.0. The van der Waals surface area contributed by atoms with Crippen molar-refractivity contribution in [3.05, 3.63) is 59.7 Å². The van der Waals surface area contributed by atoms with Crippen molar-refractivity contribution in [3.8, 4) is 0 Å². The molecule has 0 radical (unpaired) electrons. The number of benzene rings is 2. The van der Waals surface area contributed by atoms with Crippen LogP contribution in [0.25, 0.3) is 0 Å². The molecule has 30 heavy (non-hydrogen) atoms. The van der Waals surface area contributed by atoms with Crippen LogP contribution in [0.1, 0.15) is 28.8 Å². The maximum atomic E-state index is 12.6. The topological polar surface area (TPSA) is 79.0 Å². The molecule has 2 heterocycles. The number of sulfonamides is 1. The standard InChI is InChI=1S/C22H27N3O4S/c26-22(19-5-9-21(10-6-19)30(27,28)25-11-1-2-12-25)23-17-18-3-7-20(8-4-18)24-13-15-29-16-14-24/h3-10H,1-2,11-17H2,(H,23,26). The highest BCUT2D eigenvalue weighted by Gasteiger charge is 2.27. The summed E-state index contributed by atoms with van der Waals surface area (Å²) in [6.07, 6.45) is 1.79. The number of carbonyl (C=O) groups excluding carboxylic acids is 1. The molecule has 0 unspecified atom stereocenters. The number of nitrogens with zero attached hydrogens (tertiary/aromatic N) is 2. The minimum absolute atomic E-state index is 0.225. The molecule has 2 saturated heterocycles. The average molecular weight is 430 g/mol. The number of ether oxygens (including phenoxy) is 1. The van der Waals surface area contributed by atoms with Gasteiger partial charge in [0.25, 0.3) is 5.91 Å². The van der Waals surface area contributed by atoms with Gasteiger partial charge in [0.1, 0.15) is 0 Å². The Labute approximate surface area is 177 Å². The summed E-state index contributed by atoms with van der Waals surface area (Å²) in [4.78, 5) is 15.0. The molecular formula is C22H27N3O4S. The van der Waals surface area contributed by atoms with E-state index in [2.05, 4.69) is 22.3 Å². The lowest BCUT2D eigenvalue weighted by molar-refractivity contribution is 0.0950. The van der Waals surface area contributed by atoms with E-state index in [4.69, 9.17) is 4.74 Å². The molecule has 2 aromatic carbocycles. The summed E-state index contributed by atoms with van der Waals surface area (Å²) in [7, 11) is -3.46. The predicted octanol–water partition coefficient (Wildman–Crippen LogP) is 2.24. The van der Waals surface area contributed by atoms with Crippen molar-refractivity contribution in [3.63, 3.8) is 0 Å². The Bertz CT molecular complexity index is 962. The van der Waals surface area contributed by atoms with E-state index in [0.717, 1.165) is 50.4 Å². The molecule has 0 atom stereocenters. The van der Waals surface area contributed by atoms with Gasteiger partial charge in [-0.2, -0.15) is 4.31 Å². The molecule has 0 aliphatic carbocycles. The van der Waals surface area contributed by atoms with E-state index in [9.17, 15) is 13.2 Å². The molecule has 0 spiro atoms. The predicted molar refractivity (Wildman–Crippen MR) is 115 cm³/mol. The minimum atomic E-state index is -3.46. The van der Waals surface area contributed by atoms with E-state index in [0.29, 0.717) is 25.2 Å².